The second kappa shape index (κ2) is 6.21. The van der Waals surface area contributed by atoms with Crippen molar-refractivity contribution in [3.8, 4) is 0 Å². The summed E-state index contributed by atoms with van der Waals surface area (Å²) in [6.07, 6.45) is 4.94. The predicted molar refractivity (Wildman–Crippen MR) is 81.6 cm³/mol. The van der Waals surface area contributed by atoms with Gasteiger partial charge in [0.25, 0.3) is 0 Å². The Morgan fingerprint density at radius 2 is 2.26 bits per heavy atom. The molecule has 128 valence electrons. The number of imidazole rings is 1. The molecule has 0 N–H and O–H groups in total. The van der Waals surface area contributed by atoms with Crippen molar-refractivity contribution >= 4 is 15.7 Å². The van der Waals surface area contributed by atoms with Crippen LogP contribution < -0.4 is 0 Å². The molecule has 3 heterocycles. The van der Waals surface area contributed by atoms with Crippen LogP contribution in [0.2, 0.25) is 0 Å². The molecular weight excluding hydrogens is 322 g/mol. The maximum Gasteiger partial charge on any atom is 0.248 e. The molecular formula is C14H21N3O5S. The van der Waals surface area contributed by atoms with E-state index >= 15 is 0 Å². The number of amides is 1. The van der Waals surface area contributed by atoms with Gasteiger partial charge in [0.2, 0.25) is 5.91 Å². The summed E-state index contributed by atoms with van der Waals surface area (Å²) in [6, 6.07) is 0. The maximum atomic E-state index is 12.5. The van der Waals surface area contributed by atoms with Gasteiger partial charge in [0.1, 0.15) is 17.5 Å². The molecule has 2 aliphatic rings. The number of carbonyl (C=O) groups is 1. The van der Waals surface area contributed by atoms with E-state index in [0.29, 0.717) is 26.2 Å². The van der Waals surface area contributed by atoms with E-state index in [1.54, 1.807) is 28.2 Å². The minimum absolute atomic E-state index is 0.0303. The normalized spacial score (nSPS) is 25.3. The number of hydrogen-bond donors (Lipinski definition) is 0. The van der Waals surface area contributed by atoms with Crippen molar-refractivity contribution in [2.45, 2.75) is 24.3 Å². The van der Waals surface area contributed by atoms with Gasteiger partial charge in [-0.3, -0.25) is 4.79 Å². The fourth-order valence-electron chi connectivity index (χ4n) is 2.98. The van der Waals surface area contributed by atoms with Crippen LogP contribution >= 0.6 is 0 Å². The molecule has 8 nitrogen and oxygen atoms in total. The van der Waals surface area contributed by atoms with Crippen LogP contribution in [0.4, 0.5) is 0 Å². The lowest BCUT2D eigenvalue weighted by molar-refractivity contribution is -0.168. The first-order chi connectivity index (χ1) is 10.9. The zero-order chi connectivity index (χ0) is 16.5. The van der Waals surface area contributed by atoms with Gasteiger partial charge in [0.15, 0.2) is 9.84 Å². The van der Waals surface area contributed by atoms with E-state index < -0.39 is 20.7 Å². The van der Waals surface area contributed by atoms with Crippen LogP contribution in [0.5, 0.6) is 0 Å². The standard InChI is InChI=1S/C14H21N3O5S/c1-2-21-7-13(18)17-8-14(9-17)10-23(19,20)12(6-22-14)5-16-4-3-15-11-16/h3-4,11-12H,2,5-10H2,1H3/t12-/m0/s1. The molecule has 2 saturated heterocycles. The van der Waals surface area contributed by atoms with E-state index in [9.17, 15) is 13.2 Å². The Labute approximate surface area is 135 Å². The van der Waals surface area contributed by atoms with Crippen LogP contribution in [0.25, 0.3) is 0 Å². The van der Waals surface area contributed by atoms with E-state index in [1.165, 1.54) is 0 Å². The van der Waals surface area contributed by atoms with Crippen LogP contribution in [-0.2, 0) is 30.7 Å². The van der Waals surface area contributed by atoms with E-state index in [1.807, 2.05) is 6.92 Å². The molecule has 0 radical (unpaired) electrons. The number of ether oxygens (including phenoxy) is 2. The van der Waals surface area contributed by atoms with Gasteiger partial charge >= 0.3 is 0 Å². The van der Waals surface area contributed by atoms with Gasteiger partial charge in [-0.1, -0.05) is 0 Å². The molecule has 0 saturated carbocycles. The van der Waals surface area contributed by atoms with Crippen LogP contribution in [0.15, 0.2) is 18.7 Å². The molecule has 1 aromatic rings. The number of sulfone groups is 1. The maximum absolute atomic E-state index is 12.5. The molecule has 1 aromatic heterocycles. The molecule has 3 rings (SSSR count). The van der Waals surface area contributed by atoms with Crippen molar-refractivity contribution in [3.63, 3.8) is 0 Å². The van der Waals surface area contributed by atoms with Crippen LogP contribution in [0.1, 0.15) is 6.92 Å². The number of carbonyl (C=O) groups excluding carboxylic acids is 1. The third-order valence-corrected chi connectivity index (χ3v) is 6.49. The van der Waals surface area contributed by atoms with E-state index in [-0.39, 0.29) is 24.9 Å². The Bertz CT molecular complexity index is 652. The Morgan fingerprint density at radius 3 is 2.87 bits per heavy atom. The van der Waals surface area contributed by atoms with E-state index in [2.05, 4.69) is 4.98 Å². The van der Waals surface area contributed by atoms with Crippen molar-refractivity contribution < 1.29 is 22.7 Å². The Kier molecular flexibility index (Phi) is 4.43. The first-order valence-corrected chi connectivity index (χ1v) is 9.32. The molecule has 2 fully saturated rings. The SMILES string of the molecule is CCOCC(=O)N1CC2(C1)CS(=O)(=O)[C@@H](Cn1ccnc1)CO2. The highest BCUT2D eigenvalue weighted by atomic mass is 32.2. The molecule has 1 spiro atoms. The predicted octanol–water partition coefficient (Wildman–Crippen LogP) is -0.686. The second-order valence-corrected chi connectivity index (χ2v) is 8.35. The van der Waals surface area contributed by atoms with Crippen LogP contribution in [-0.4, -0.2) is 78.3 Å². The highest BCUT2D eigenvalue weighted by Gasteiger charge is 2.53. The van der Waals surface area contributed by atoms with Crippen molar-refractivity contribution in [1.29, 1.82) is 0 Å². The van der Waals surface area contributed by atoms with Gasteiger partial charge in [-0.05, 0) is 6.92 Å². The Morgan fingerprint density at radius 1 is 1.48 bits per heavy atom. The summed E-state index contributed by atoms with van der Waals surface area (Å²) < 4.78 is 37.7. The average molecular weight is 343 g/mol. The lowest BCUT2D eigenvalue weighted by Gasteiger charge is -2.52. The minimum Gasteiger partial charge on any atom is -0.372 e. The summed E-state index contributed by atoms with van der Waals surface area (Å²) in [6.45, 7) is 3.45. The number of rotatable bonds is 5. The topological polar surface area (TPSA) is 90.7 Å². The summed E-state index contributed by atoms with van der Waals surface area (Å²) >= 11 is 0. The van der Waals surface area contributed by atoms with E-state index in [4.69, 9.17) is 9.47 Å². The molecule has 9 heteroatoms. The van der Waals surface area contributed by atoms with Gasteiger partial charge in [-0.2, -0.15) is 0 Å². The highest BCUT2D eigenvalue weighted by Crippen LogP contribution is 2.33. The minimum atomic E-state index is -3.28. The van der Waals surface area contributed by atoms with Gasteiger partial charge < -0.3 is 18.9 Å². The quantitative estimate of drug-likeness (QED) is 0.703. The third kappa shape index (κ3) is 3.41. The molecule has 0 unspecified atom stereocenters. The number of aromatic nitrogens is 2. The monoisotopic (exact) mass is 343 g/mol. The number of likely N-dealkylation sites (tertiary alicyclic amines) is 1. The summed E-state index contributed by atoms with van der Waals surface area (Å²) in [5.41, 5.74) is -0.744. The molecule has 1 amide bonds. The number of hydrogen-bond acceptors (Lipinski definition) is 6. The molecule has 0 aromatic carbocycles. The Hall–Kier alpha value is -1.45. The fraction of sp³-hybridized carbons (Fsp3) is 0.714. The van der Waals surface area contributed by atoms with Crippen molar-refractivity contribution in [2.24, 2.45) is 0 Å². The largest absolute Gasteiger partial charge is 0.372 e. The van der Waals surface area contributed by atoms with Gasteiger partial charge in [-0.25, -0.2) is 13.4 Å². The lowest BCUT2D eigenvalue weighted by Crippen LogP contribution is -2.71. The number of nitrogens with zero attached hydrogens (tertiary/aromatic N) is 3. The van der Waals surface area contributed by atoms with Gasteiger partial charge in [0, 0.05) is 25.5 Å². The van der Waals surface area contributed by atoms with Crippen molar-refractivity contribution in [1.82, 2.24) is 14.5 Å². The second-order valence-electron chi connectivity index (χ2n) is 6.07. The fourth-order valence-corrected chi connectivity index (χ4v) is 4.89. The molecule has 2 aliphatic heterocycles. The van der Waals surface area contributed by atoms with Crippen LogP contribution in [0, 0.1) is 0 Å². The summed E-state index contributed by atoms with van der Waals surface area (Å²) in [5.74, 6) is -0.170. The smallest absolute Gasteiger partial charge is 0.248 e. The Balaban J connectivity index is 1.57. The zero-order valence-electron chi connectivity index (χ0n) is 13.1. The zero-order valence-corrected chi connectivity index (χ0v) is 13.9. The molecule has 0 aliphatic carbocycles. The van der Waals surface area contributed by atoms with Crippen molar-refractivity contribution in [2.75, 3.05) is 38.7 Å². The van der Waals surface area contributed by atoms with Gasteiger partial charge in [-0.15, -0.1) is 0 Å². The summed E-state index contributed by atoms with van der Waals surface area (Å²) in [5, 5.41) is -0.574. The summed E-state index contributed by atoms with van der Waals surface area (Å²) in [4.78, 5) is 17.3. The highest BCUT2D eigenvalue weighted by molar-refractivity contribution is 7.92. The third-order valence-electron chi connectivity index (χ3n) is 4.26. The first kappa shape index (κ1) is 16.4. The van der Waals surface area contributed by atoms with Gasteiger partial charge in [0.05, 0.1) is 31.8 Å². The van der Waals surface area contributed by atoms with E-state index in [0.717, 1.165) is 0 Å². The van der Waals surface area contributed by atoms with Crippen molar-refractivity contribution in [3.05, 3.63) is 18.7 Å². The lowest BCUT2D eigenvalue weighted by atomic mass is 9.95. The summed E-state index contributed by atoms with van der Waals surface area (Å²) in [7, 11) is -3.28. The first-order valence-electron chi connectivity index (χ1n) is 7.61. The molecule has 0 bridgehead atoms. The molecule has 1 atom stereocenters. The average Bonchev–Trinajstić information content (AvgIpc) is 2.97. The van der Waals surface area contributed by atoms with Crippen LogP contribution in [0.3, 0.4) is 0 Å². The molecule has 23 heavy (non-hydrogen) atoms.